The van der Waals surface area contributed by atoms with Gasteiger partial charge in [0, 0.05) is 24.7 Å². The van der Waals surface area contributed by atoms with Crippen molar-refractivity contribution in [2.45, 2.75) is 68.2 Å². The van der Waals surface area contributed by atoms with Crippen molar-refractivity contribution in [3.8, 4) is 0 Å². The topological polar surface area (TPSA) is 34.1 Å². The second-order valence-corrected chi connectivity index (χ2v) is 5.71. The summed E-state index contributed by atoms with van der Waals surface area (Å²) in [5.74, 6) is 2.12. The van der Waals surface area contributed by atoms with Crippen LogP contribution in [0.2, 0.25) is 0 Å². The Labute approximate surface area is 114 Å². The molecule has 0 aromatic rings. The smallest absolute Gasteiger partial charge is 0.138 e. The second kappa shape index (κ2) is 10.3. The van der Waals surface area contributed by atoms with Gasteiger partial charge in [0.25, 0.3) is 0 Å². The van der Waals surface area contributed by atoms with E-state index >= 15 is 0 Å². The molecule has 0 aromatic carbocycles. The van der Waals surface area contributed by atoms with Crippen molar-refractivity contribution in [1.29, 1.82) is 0 Å². The first kappa shape index (κ1) is 19.7. The average Bonchev–Trinajstić information content (AvgIpc) is 2.35. The van der Waals surface area contributed by atoms with Crippen LogP contribution in [0.3, 0.4) is 0 Å². The second-order valence-electron chi connectivity index (χ2n) is 5.71. The lowest BCUT2D eigenvalue weighted by molar-refractivity contribution is -0.128. The normalized spacial score (nSPS) is 13.9. The molecule has 0 spiro atoms. The SMILES string of the molecule is CC(C)C(C)C(=O)C(C)C(C)C.CCC(=O)CC. The van der Waals surface area contributed by atoms with Gasteiger partial charge >= 0.3 is 0 Å². The van der Waals surface area contributed by atoms with Gasteiger partial charge in [-0.05, 0) is 11.8 Å². The molecule has 0 N–H and O–H groups in total. The molecule has 0 saturated carbocycles. The highest BCUT2D eigenvalue weighted by Crippen LogP contribution is 2.20. The van der Waals surface area contributed by atoms with Gasteiger partial charge in [-0.3, -0.25) is 9.59 Å². The molecular weight excluding hydrogens is 224 g/mol. The fraction of sp³-hybridized carbons (Fsp3) is 0.875. The van der Waals surface area contributed by atoms with E-state index in [4.69, 9.17) is 0 Å². The Kier molecular flexibility index (Phi) is 11.2. The predicted octanol–water partition coefficient (Wildman–Crippen LogP) is 4.52. The molecule has 108 valence electrons. The first-order valence-corrected chi connectivity index (χ1v) is 7.24. The minimum atomic E-state index is 0.211. The van der Waals surface area contributed by atoms with E-state index in [0.717, 1.165) is 0 Å². The molecule has 0 radical (unpaired) electrons. The Balaban J connectivity index is 0. The molecule has 0 aliphatic carbocycles. The van der Waals surface area contributed by atoms with Crippen molar-refractivity contribution >= 4 is 11.6 Å². The molecule has 0 aliphatic heterocycles. The maximum atomic E-state index is 11.7. The third-order valence-corrected chi connectivity index (χ3v) is 3.69. The maximum absolute atomic E-state index is 11.7. The summed E-state index contributed by atoms with van der Waals surface area (Å²) in [4.78, 5) is 21.9. The number of Topliss-reactive ketones (excluding diaryl/α,β-unsaturated/α-hetero) is 2. The van der Waals surface area contributed by atoms with Gasteiger partial charge in [0.15, 0.2) is 0 Å². The van der Waals surface area contributed by atoms with Crippen LogP contribution in [0.5, 0.6) is 0 Å². The van der Waals surface area contributed by atoms with E-state index in [-0.39, 0.29) is 11.8 Å². The number of carbonyl (C=O) groups excluding carboxylic acids is 2. The van der Waals surface area contributed by atoms with Crippen molar-refractivity contribution in [3.63, 3.8) is 0 Å². The summed E-state index contributed by atoms with van der Waals surface area (Å²) in [7, 11) is 0. The highest BCUT2D eigenvalue weighted by atomic mass is 16.1. The third-order valence-electron chi connectivity index (χ3n) is 3.69. The Bertz CT molecular complexity index is 219. The molecule has 2 atom stereocenters. The average molecular weight is 256 g/mol. The predicted molar refractivity (Wildman–Crippen MR) is 78.6 cm³/mol. The van der Waals surface area contributed by atoms with Gasteiger partial charge in [-0.25, -0.2) is 0 Å². The molecule has 2 unspecified atom stereocenters. The van der Waals surface area contributed by atoms with Crippen LogP contribution in [0.1, 0.15) is 68.2 Å². The van der Waals surface area contributed by atoms with Gasteiger partial charge in [0.05, 0.1) is 0 Å². The third kappa shape index (κ3) is 8.43. The molecule has 0 rings (SSSR count). The van der Waals surface area contributed by atoms with Gasteiger partial charge in [0.2, 0.25) is 0 Å². The molecule has 0 bridgehead atoms. The van der Waals surface area contributed by atoms with Crippen LogP contribution < -0.4 is 0 Å². The summed E-state index contributed by atoms with van der Waals surface area (Å²) in [5, 5.41) is 0. The lowest BCUT2D eigenvalue weighted by Gasteiger charge is -2.21. The minimum Gasteiger partial charge on any atom is -0.300 e. The number of carbonyl (C=O) groups is 2. The monoisotopic (exact) mass is 256 g/mol. The zero-order valence-electron chi connectivity index (χ0n) is 13.5. The molecule has 18 heavy (non-hydrogen) atoms. The van der Waals surface area contributed by atoms with Crippen LogP contribution in [-0.2, 0) is 9.59 Å². The summed E-state index contributed by atoms with van der Waals surface area (Å²) in [6.45, 7) is 16.3. The zero-order valence-corrected chi connectivity index (χ0v) is 13.5. The Hall–Kier alpha value is -0.660. The lowest BCUT2D eigenvalue weighted by Crippen LogP contribution is -2.26. The zero-order chi connectivity index (χ0) is 14.9. The number of ketones is 2. The van der Waals surface area contributed by atoms with E-state index in [2.05, 4.69) is 27.7 Å². The van der Waals surface area contributed by atoms with E-state index in [9.17, 15) is 9.59 Å². The van der Waals surface area contributed by atoms with Gasteiger partial charge in [-0.2, -0.15) is 0 Å². The van der Waals surface area contributed by atoms with Crippen molar-refractivity contribution in [2.24, 2.45) is 23.7 Å². The molecule has 0 aliphatic rings. The van der Waals surface area contributed by atoms with Crippen LogP contribution in [0.25, 0.3) is 0 Å². The first-order chi connectivity index (χ1) is 8.18. The molecule has 0 saturated heterocycles. The Morgan fingerprint density at radius 1 is 0.722 bits per heavy atom. The fourth-order valence-corrected chi connectivity index (χ4v) is 1.32. The number of hydrogen-bond donors (Lipinski definition) is 0. The van der Waals surface area contributed by atoms with Crippen molar-refractivity contribution in [1.82, 2.24) is 0 Å². The molecule has 0 heterocycles. The summed E-state index contributed by atoms with van der Waals surface area (Å²) >= 11 is 0. The largest absolute Gasteiger partial charge is 0.300 e. The van der Waals surface area contributed by atoms with Crippen molar-refractivity contribution in [3.05, 3.63) is 0 Å². The first-order valence-electron chi connectivity index (χ1n) is 7.24. The maximum Gasteiger partial charge on any atom is 0.138 e. The van der Waals surface area contributed by atoms with E-state index in [1.54, 1.807) is 0 Å². The van der Waals surface area contributed by atoms with Crippen LogP contribution in [-0.4, -0.2) is 11.6 Å². The quantitative estimate of drug-likeness (QED) is 0.700. The van der Waals surface area contributed by atoms with Crippen LogP contribution in [0.4, 0.5) is 0 Å². The van der Waals surface area contributed by atoms with Crippen LogP contribution in [0.15, 0.2) is 0 Å². The van der Waals surface area contributed by atoms with Crippen LogP contribution in [0, 0.1) is 23.7 Å². The molecule has 0 fully saturated rings. The summed E-state index contributed by atoms with van der Waals surface area (Å²) in [6.07, 6.45) is 1.38. The van der Waals surface area contributed by atoms with E-state index in [1.165, 1.54) is 0 Å². The van der Waals surface area contributed by atoms with Gasteiger partial charge in [0.1, 0.15) is 11.6 Å². The van der Waals surface area contributed by atoms with Crippen molar-refractivity contribution in [2.75, 3.05) is 0 Å². The van der Waals surface area contributed by atoms with E-state index in [1.807, 2.05) is 27.7 Å². The lowest BCUT2D eigenvalue weighted by atomic mass is 9.82. The summed E-state index contributed by atoms with van der Waals surface area (Å²) < 4.78 is 0. The number of rotatable bonds is 6. The molecule has 2 nitrogen and oxygen atoms in total. The Morgan fingerprint density at radius 3 is 1.11 bits per heavy atom. The highest BCUT2D eigenvalue weighted by Gasteiger charge is 2.24. The standard InChI is InChI=1S/C11H22O.C5H10O/c1-7(2)9(5)11(12)10(6)8(3)4;1-3-5(6)4-2/h7-10H,1-6H3;3-4H2,1-2H3. The van der Waals surface area contributed by atoms with E-state index in [0.29, 0.717) is 36.2 Å². The Morgan fingerprint density at radius 2 is 1.00 bits per heavy atom. The molecule has 0 aromatic heterocycles. The minimum absolute atomic E-state index is 0.211. The molecular formula is C16H32O2. The summed E-state index contributed by atoms with van der Waals surface area (Å²) in [5.41, 5.74) is 0. The van der Waals surface area contributed by atoms with Gasteiger partial charge in [-0.1, -0.05) is 55.4 Å². The molecule has 0 amide bonds. The van der Waals surface area contributed by atoms with Gasteiger partial charge < -0.3 is 0 Å². The van der Waals surface area contributed by atoms with Crippen LogP contribution >= 0.6 is 0 Å². The summed E-state index contributed by atoms with van der Waals surface area (Å²) in [6, 6.07) is 0. The van der Waals surface area contributed by atoms with Crippen molar-refractivity contribution < 1.29 is 9.59 Å². The highest BCUT2D eigenvalue weighted by molar-refractivity contribution is 5.83. The van der Waals surface area contributed by atoms with Gasteiger partial charge in [-0.15, -0.1) is 0 Å². The van der Waals surface area contributed by atoms with E-state index < -0.39 is 0 Å². The molecule has 2 heteroatoms. The number of hydrogen-bond acceptors (Lipinski definition) is 2. The fourth-order valence-electron chi connectivity index (χ4n) is 1.32.